The van der Waals surface area contributed by atoms with Gasteiger partial charge in [0.05, 0.1) is 70.1 Å². The quantitative estimate of drug-likeness (QED) is 0.100. The van der Waals surface area contributed by atoms with Gasteiger partial charge in [0.1, 0.15) is 11.7 Å². The Morgan fingerprint density at radius 1 is 1.21 bits per heavy atom. The second kappa shape index (κ2) is 16.9. The molecule has 268 valence electrons. The first kappa shape index (κ1) is 39.2. The number of esters is 1. The summed E-state index contributed by atoms with van der Waals surface area (Å²) in [6.07, 6.45) is 8.06. The average Bonchev–Trinajstić information content (AvgIpc) is 3.78. The molecule has 0 aromatic carbocycles. The van der Waals surface area contributed by atoms with E-state index in [4.69, 9.17) is 14.2 Å². The highest BCUT2D eigenvalue weighted by atomic mass is 16.6. The highest BCUT2D eigenvalue weighted by molar-refractivity contribution is 5.70. The number of likely N-dealkylation sites (N-methyl/N-ethyl adjacent to an activating group) is 1. The number of epoxide rings is 1. The van der Waals surface area contributed by atoms with Gasteiger partial charge in [-0.25, -0.2) is 4.79 Å². The Balaban J connectivity index is 1.71. The number of piperazine rings is 1. The number of hydrogen-bond acceptors (Lipinski definition) is 8. The van der Waals surface area contributed by atoms with E-state index in [2.05, 4.69) is 33.9 Å². The van der Waals surface area contributed by atoms with Crippen LogP contribution >= 0.6 is 0 Å². The van der Waals surface area contributed by atoms with Crippen LogP contribution in [-0.4, -0.2) is 118 Å². The summed E-state index contributed by atoms with van der Waals surface area (Å²) >= 11 is 0. The van der Waals surface area contributed by atoms with Gasteiger partial charge in [0.25, 0.3) is 0 Å². The molecule has 3 aliphatic rings. The molecule has 0 aliphatic carbocycles. The van der Waals surface area contributed by atoms with Gasteiger partial charge >= 0.3 is 12.1 Å². The average molecular weight is 664 g/mol. The van der Waals surface area contributed by atoms with Gasteiger partial charge in [0.15, 0.2) is 6.10 Å². The second-order valence-corrected chi connectivity index (χ2v) is 15.2. The van der Waals surface area contributed by atoms with E-state index in [1.807, 2.05) is 45.9 Å². The number of amides is 1. The number of quaternary nitrogens is 1. The lowest BCUT2D eigenvalue weighted by molar-refractivity contribution is -0.933. The van der Waals surface area contributed by atoms with E-state index >= 15 is 0 Å². The first-order valence-corrected chi connectivity index (χ1v) is 17.7. The molecule has 1 amide bonds. The third kappa shape index (κ3) is 11.1. The van der Waals surface area contributed by atoms with Gasteiger partial charge in [0, 0.05) is 11.8 Å². The fraction of sp³-hybridized carbons (Fsp3) is 0.784. The summed E-state index contributed by atoms with van der Waals surface area (Å²) in [5.74, 6) is -0.444. The van der Waals surface area contributed by atoms with Gasteiger partial charge in [-0.05, 0) is 70.9 Å². The van der Waals surface area contributed by atoms with Gasteiger partial charge in [-0.3, -0.25) is 9.69 Å². The van der Waals surface area contributed by atoms with Gasteiger partial charge < -0.3 is 34.0 Å². The van der Waals surface area contributed by atoms with Crippen LogP contribution in [0.4, 0.5) is 4.79 Å². The molecule has 0 saturated carbocycles. The topological polar surface area (TPSA) is 129 Å². The highest BCUT2D eigenvalue weighted by Crippen LogP contribution is 2.36. The molecule has 0 bridgehead atoms. The molecule has 0 aromatic heterocycles. The Kier molecular flexibility index (Phi) is 14.1. The molecule has 0 radical (unpaired) electrons. The zero-order valence-electron chi connectivity index (χ0n) is 30.3. The molecule has 2 saturated heterocycles. The molecular formula is C37H63N2O8+. The molecule has 3 heterocycles. The first-order valence-electron chi connectivity index (χ1n) is 17.7. The first-order chi connectivity index (χ1) is 22.0. The SMILES string of the molecule is CC[C@H](O)[C@@H](C)[C@H]1O[C@@H]1C[C@H](C)/C=C/C=C(\C)[C@H]1OC(=O)C[C@H](O)CC[C@@](C)(O)[C@@H](OC(=O)N2CC[N+](C)(C(C)C)CC2)/C=C/[C@@H]1C. The molecule has 3 aliphatic heterocycles. The minimum atomic E-state index is -1.45. The van der Waals surface area contributed by atoms with E-state index in [1.165, 1.54) is 0 Å². The summed E-state index contributed by atoms with van der Waals surface area (Å²) in [4.78, 5) is 27.9. The van der Waals surface area contributed by atoms with E-state index in [9.17, 15) is 24.9 Å². The Labute approximate surface area is 283 Å². The monoisotopic (exact) mass is 663 g/mol. The lowest BCUT2D eigenvalue weighted by Crippen LogP contribution is -2.61. The van der Waals surface area contributed by atoms with Gasteiger partial charge in [-0.2, -0.15) is 0 Å². The highest BCUT2D eigenvalue weighted by Gasteiger charge is 2.45. The standard InChI is InChI=1S/C37H63N2O8/c1-10-30(41)28(7)35-31(45-35)22-25(4)12-11-13-26(5)34-27(6)14-15-32(37(8,44)17-16-29(40)23-33(42)47-34)46-36(43)38-18-20-39(9,21-19-38)24(2)3/h11-15,24-25,27-32,34-35,40-41,44H,10,16-23H2,1-9H3/q+1/b12-11+,15-14+,26-13+/t25-,27+,28-,29-,30+,31-,32+,34-,35-,37-/m1/s1. The molecule has 0 aromatic rings. The maximum atomic E-state index is 13.3. The smallest absolute Gasteiger partial charge is 0.410 e. The van der Waals surface area contributed by atoms with Crippen LogP contribution in [0.1, 0.15) is 87.5 Å². The Hall–Kier alpha value is -2.24. The van der Waals surface area contributed by atoms with Crippen molar-refractivity contribution in [1.29, 1.82) is 0 Å². The third-order valence-corrected chi connectivity index (χ3v) is 10.8. The number of nitrogens with zero attached hydrogens (tertiary/aromatic N) is 2. The van der Waals surface area contributed by atoms with E-state index < -0.39 is 36.0 Å². The molecule has 10 nitrogen and oxygen atoms in total. The van der Waals surface area contributed by atoms with E-state index in [0.29, 0.717) is 25.6 Å². The number of aliphatic hydroxyl groups excluding tert-OH is 2. The minimum Gasteiger partial charge on any atom is -0.457 e. The fourth-order valence-corrected chi connectivity index (χ4v) is 6.59. The molecular weight excluding hydrogens is 600 g/mol. The maximum Gasteiger partial charge on any atom is 0.410 e. The maximum absolute atomic E-state index is 13.3. The number of aliphatic hydroxyl groups is 3. The fourth-order valence-electron chi connectivity index (χ4n) is 6.59. The molecule has 10 atom stereocenters. The number of hydrogen-bond donors (Lipinski definition) is 3. The second-order valence-electron chi connectivity index (χ2n) is 15.2. The third-order valence-electron chi connectivity index (χ3n) is 10.8. The van der Waals surface area contributed by atoms with Crippen molar-refractivity contribution < 1.29 is 43.6 Å². The van der Waals surface area contributed by atoms with Crippen LogP contribution in [0.2, 0.25) is 0 Å². The van der Waals surface area contributed by atoms with Crippen molar-refractivity contribution in [2.45, 2.75) is 136 Å². The van der Waals surface area contributed by atoms with Crippen LogP contribution in [0.3, 0.4) is 0 Å². The van der Waals surface area contributed by atoms with Crippen LogP contribution < -0.4 is 0 Å². The summed E-state index contributed by atoms with van der Waals surface area (Å²) < 4.78 is 18.6. The summed E-state index contributed by atoms with van der Waals surface area (Å²) in [7, 11) is 2.20. The Morgan fingerprint density at radius 2 is 1.87 bits per heavy atom. The Bertz CT molecular complexity index is 1130. The van der Waals surface area contributed by atoms with Crippen molar-refractivity contribution in [3.8, 4) is 0 Å². The summed E-state index contributed by atoms with van der Waals surface area (Å²) in [6.45, 7) is 18.8. The molecule has 3 rings (SSSR count). The van der Waals surface area contributed by atoms with E-state index in [0.717, 1.165) is 29.6 Å². The number of rotatable bonds is 10. The largest absolute Gasteiger partial charge is 0.457 e. The van der Waals surface area contributed by atoms with Crippen LogP contribution in [0.15, 0.2) is 36.0 Å². The molecule has 2 fully saturated rings. The van der Waals surface area contributed by atoms with Gasteiger partial charge in [-0.15, -0.1) is 0 Å². The van der Waals surface area contributed by atoms with Crippen molar-refractivity contribution in [1.82, 2.24) is 4.90 Å². The summed E-state index contributed by atoms with van der Waals surface area (Å²) in [5, 5.41) is 32.2. The molecule has 10 heteroatoms. The van der Waals surface area contributed by atoms with Crippen LogP contribution in [0.5, 0.6) is 0 Å². The van der Waals surface area contributed by atoms with Crippen molar-refractivity contribution in [2.24, 2.45) is 17.8 Å². The minimum absolute atomic E-state index is 0.0976. The van der Waals surface area contributed by atoms with Gasteiger partial charge in [0.2, 0.25) is 0 Å². The van der Waals surface area contributed by atoms with Crippen LogP contribution in [0, 0.1) is 17.8 Å². The van der Waals surface area contributed by atoms with Crippen molar-refractivity contribution >= 4 is 12.1 Å². The lowest BCUT2D eigenvalue weighted by Gasteiger charge is -2.45. The van der Waals surface area contributed by atoms with Crippen LogP contribution in [0.25, 0.3) is 0 Å². The number of allylic oxidation sites excluding steroid dienone is 3. The van der Waals surface area contributed by atoms with Crippen LogP contribution in [-0.2, 0) is 19.0 Å². The molecule has 0 spiro atoms. The van der Waals surface area contributed by atoms with Crippen molar-refractivity contribution in [2.75, 3.05) is 33.2 Å². The van der Waals surface area contributed by atoms with E-state index in [-0.39, 0.29) is 55.3 Å². The van der Waals surface area contributed by atoms with Crippen molar-refractivity contribution in [3.63, 3.8) is 0 Å². The van der Waals surface area contributed by atoms with Gasteiger partial charge in [-0.1, -0.05) is 52.0 Å². The zero-order valence-corrected chi connectivity index (χ0v) is 30.3. The predicted molar refractivity (Wildman–Crippen MR) is 182 cm³/mol. The lowest BCUT2D eigenvalue weighted by atomic mass is 9.88. The summed E-state index contributed by atoms with van der Waals surface area (Å²) in [5.41, 5.74) is -0.629. The zero-order chi connectivity index (χ0) is 35.1. The predicted octanol–water partition coefficient (Wildman–Crippen LogP) is 4.77. The normalized spacial score (nSPS) is 35.0. The number of cyclic esters (lactones) is 1. The molecule has 0 unspecified atom stereocenters. The van der Waals surface area contributed by atoms with Crippen molar-refractivity contribution in [3.05, 3.63) is 36.0 Å². The number of carbonyl (C=O) groups is 2. The molecule has 3 N–H and O–H groups in total. The molecule has 47 heavy (non-hydrogen) atoms. The number of ether oxygens (including phenoxy) is 3. The summed E-state index contributed by atoms with van der Waals surface area (Å²) in [6, 6.07) is 0.453. The number of carbonyl (C=O) groups excluding carboxylic acids is 2. The van der Waals surface area contributed by atoms with E-state index in [1.54, 1.807) is 17.9 Å². The Morgan fingerprint density at radius 3 is 2.49 bits per heavy atom.